The normalized spacial score (nSPS) is 18.5. The summed E-state index contributed by atoms with van der Waals surface area (Å²) in [6.45, 7) is 8.77. The van der Waals surface area contributed by atoms with Crippen LogP contribution in [0.1, 0.15) is 77.1 Å². The summed E-state index contributed by atoms with van der Waals surface area (Å²) in [7, 11) is 2.57. The summed E-state index contributed by atoms with van der Waals surface area (Å²) in [5, 5.41) is 5.39. The van der Waals surface area contributed by atoms with Gasteiger partial charge in [0.25, 0.3) is 0 Å². The van der Waals surface area contributed by atoms with Gasteiger partial charge >= 0.3 is 12.2 Å². The van der Waals surface area contributed by atoms with E-state index in [1.165, 1.54) is 14.2 Å². The van der Waals surface area contributed by atoms with Crippen molar-refractivity contribution >= 4 is 35.0 Å². The minimum atomic E-state index is -0.693. The smallest absolute Gasteiger partial charge is 0.407 e. The SMILES string of the molecule is COC(=O)N[C@H](C(=O)N1CCCC1c1nc2ccc(-c3ccc(-c4cnc([C@@H]5CCCN5C(=O)[C@@H](NC(=O)OC)C(C)C)[nH]4)cc3)cc2[nH]1)C(C)C. The van der Waals surface area contributed by atoms with Gasteiger partial charge in [-0.3, -0.25) is 9.59 Å². The topological polar surface area (TPSA) is 175 Å². The van der Waals surface area contributed by atoms with Crippen molar-refractivity contribution < 1.29 is 28.7 Å². The molecule has 4 amide bonds. The molecule has 4 atom stereocenters. The van der Waals surface area contributed by atoms with Crippen LogP contribution in [0, 0.1) is 11.8 Å². The van der Waals surface area contributed by atoms with Crippen molar-refractivity contribution in [2.24, 2.45) is 11.8 Å². The minimum absolute atomic E-state index is 0.108. The van der Waals surface area contributed by atoms with Gasteiger partial charge in [0.1, 0.15) is 23.7 Å². The molecule has 0 radical (unpaired) electrons. The molecule has 14 heteroatoms. The molecule has 14 nitrogen and oxygen atoms in total. The molecule has 2 fully saturated rings. The number of carbonyl (C=O) groups is 4. The van der Waals surface area contributed by atoms with Crippen molar-refractivity contribution in [2.75, 3.05) is 27.3 Å². The predicted octanol–water partition coefficient (Wildman–Crippen LogP) is 5.71. The van der Waals surface area contributed by atoms with Crippen LogP contribution >= 0.6 is 0 Å². The first-order valence-corrected chi connectivity index (χ1v) is 17.9. The number of hydrogen-bond acceptors (Lipinski definition) is 8. The number of alkyl carbamates (subject to hydrolysis) is 2. The van der Waals surface area contributed by atoms with E-state index in [9.17, 15) is 19.2 Å². The van der Waals surface area contributed by atoms with Crippen molar-refractivity contribution in [3.63, 3.8) is 0 Å². The fourth-order valence-corrected chi connectivity index (χ4v) is 7.25. The van der Waals surface area contributed by atoms with Gasteiger partial charge < -0.3 is 39.9 Å². The van der Waals surface area contributed by atoms with Gasteiger partial charge in [-0.2, -0.15) is 0 Å². The number of ether oxygens (including phenoxy) is 2. The molecule has 276 valence electrons. The monoisotopic (exact) mass is 712 g/mol. The average molecular weight is 713 g/mol. The number of benzene rings is 2. The second kappa shape index (κ2) is 15.5. The minimum Gasteiger partial charge on any atom is -0.453 e. The highest BCUT2D eigenvalue weighted by Crippen LogP contribution is 2.35. The summed E-state index contributed by atoms with van der Waals surface area (Å²) in [5.74, 6) is 0.938. The Morgan fingerprint density at radius 3 is 1.79 bits per heavy atom. The zero-order chi connectivity index (χ0) is 37.1. The molecule has 2 aromatic heterocycles. The van der Waals surface area contributed by atoms with E-state index in [2.05, 4.69) is 43.8 Å². The third-order valence-corrected chi connectivity index (χ3v) is 10.1. The third kappa shape index (κ3) is 7.46. The molecule has 4 heterocycles. The average Bonchev–Trinajstić information content (AvgIpc) is 3.97. The number of rotatable bonds is 10. The van der Waals surface area contributed by atoms with Crippen molar-refractivity contribution in [1.82, 2.24) is 40.4 Å². The number of aromatic amines is 2. The van der Waals surface area contributed by atoms with Crippen LogP contribution in [0.25, 0.3) is 33.4 Å². The van der Waals surface area contributed by atoms with Crippen molar-refractivity contribution in [3.05, 3.63) is 60.3 Å². The highest BCUT2D eigenvalue weighted by Gasteiger charge is 2.39. The zero-order valence-electron chi connectivity index (χ0n) is 30.6. The number of fused-ring (bicyclic) bond motifs is 1. The van der Waals surface area contributed by atoms with Gasteiger partial charge in [-0.15, -0.1) is 0 Å². The molecule has 6 rings (SSSR count). The largest absolute Gasteiger partial charge is 0.453 e. The van der Waals surface area contributed by atoms with Gasteiger partial charge in [-0.05, 0) is 66.3 Å². The Hall–Kier alpha value is -5.40. The van der Waals surface area contributed by atoms with E-state index in [0.717, 1.165) is 64.9 Å². The summed E-state index contributed by atoms with van der Waals surface area (Å²) < 4.78 is 9.51. The number of likely N-dealkylation sites (tertiary alicyclic amines) is 2. The van der Waals surface area contributed by atoms with Crippen LogP contribution in [0.15, 0.2) is 48.7 Å². The van der Waals surface area contributed by atoms with Crippen LogP contribution in [0.5, 0.6) is 0 Å². The van der Waals surface area contributed by atoms with Gasteiger partial charge in [0.15, 0.2) is 0 Å². The van der Waals surface area contributed by atoms with Crippen LogP contribution in [-0.4, -0.2) is 93.1 Å². The molecular formula is C38H48N8O6. The Balaban J connectivity index is 1.16. The Bertz CT molecular complexity index is 1920. The fourth-order valence-electron chi connectivity index (χ4n) is 7.25. The van der Waals surface area contributed by atoms with E-state index in [1.54, 1.807) is 11.1 Å². The standard InChI is InChI=1S/C38H48N8O6/c1-21(2)31(43-37(49)51-5)35(47)45-17-7-9-29(45)33-39-20-28(42-33)24-13-11-23(12-14-24)25-15-16-26-27(19-25)41-34(40-26)30-10-8-18-46(30)36(48)32(22(3)4)44-38(50)52-6/h11-16,19-22,29-32H,7-10,17-18H2,1-6H3,(H,39,42)(H,40,41)(H,43,49)(H,44,50)/t29-,30?,31-,32-/m0/s1. The zero-order valence-corrected chi connectivity index (χ0v) is 30.6. The number of carbonyl (C=O) groups excluding carboxylic acids is 4. The van der Waals surface area contributed by atoms with E-state index in [1.807, 2.05) is 56.9 Å². The summed E-state index contributed by atoms with van der Waals surface area (Å²) >= 11 is 0. The van der Waals surface area contributed by atoms with E-state index < -0.39 is 24.3 Å². The van der Waals surface area contributed by atoms with Crippen LogP contribution < -0.4 is 10.6 Å². The number of H-pyrrole nitrogens is 2. The quantitative estimate of drug-likeness (QED) is 0.162. The maximum absolute atomic E-state index is 13.6. The molecule has 0 aliphatic carbocycles. The first-order valence-electron chi connectivity index (χ1n) is 17.9. The van der Waals surface area contributed by atoms with Crippen LogP contribution in [0.2, 0.25) is 0 Å². The first-order chi connectivity index (χ1) is 25.0. The second-order valence-electron chi connectivity index (χ2n) is 14.2. The molecule has 52 heavy (non-hydrogen) atoms. The van der Waals surface area contributed by atoms with Crippen LogP contribution in [-0.2, 0) is 19.1 Å². The lowest BCUT2D eigenvalue weighted by Gasteiger charge is -2.30. The van der Waals surface area contributed by atoms with Crippen LogP contribution in [0.4, 0.5) is 9.59 Å². The van der Waals surface area contributed by atoms with Crippen molar-refractivity contribution in [1.29, 1.82) is 0 Å². The molecule has 2 saturated heterocycles. The number of hydrogen-bond donors (Lipinski definition) is 4. The number of imidazole rings is 2. The lowest BCUT2D eigenvalue weighted by molar-refractivity contribution is -0.136. The maximum atomic E-state index is 13.6. The summed E-state index contributed by atoms with van der Waals surface area (Å²) in [6, 6.07) is 12.5. The maximum Gasteiger partial charge on any atom is 0.407 e. The fraction of sp³-hybridized carbons (Fsp3) is 0.474. The van der Waals surface area contributed by atoms with Crippen LogP contribution in [0.3, 0.4) is 0 Å². The Morgan fingerprint density at radius 1 is 0.731 bits per heavy atom. The summed E-state index contributed by atoms with van der Waals surface area (Å²) in [4.78, 5) is 71.0. The summed E-state index contributed by atoms with van der Waals surface area (Å²) in [5.41, 5.74) is 5.54. The Labute approximate surface area is 303 Å². The van der Waals surface area contributed by atoms with E-state index in [0.29, 0.717) is 18.9 Å². The molecular weight excluding hydrogens is 664 g/mol. The van der Waals surface area contributed by atoms with E-state index >= 15 is 0 Å². The highest BCUT2D eigenvalue weighted by molar-refractivity contribution is 5.88. The number of methoxy groups -OCH3 is 2. The number of nitrogens with one attached hydrogen (secondary N) is 4. The van der Waals surface area contributed by atoms with Gasteiger partial charge in [-0.1, -0.05) is 58.0 Å². The Kier molecular flexibility index (Phi) is 10.8. The lowest BCUT2D eigenvalue weighted by atomic mass is 10.0. The second-order valence-corrected chi connectivity index (χ2v) is 14.2. The molecule has 2 aliphatic heterocycles. The molecule has 2 aliphatic rings. The highest BCUT2D eigenvalue weighted by atomic mass is 16.5. The summed E-state index contributed by atoms with van der Waals surface area (Å²) in [6.07, 6.45) is 3.78. The third-order valence-electron chi connectivity index (χ3n) is 10.1. The Morgan fingerprint density at radius 2 is 1.25 bits per heavy atom. The number of aromatic nitrogens is 4. The lowest BCUT2D eigenvalue weighted by Crippen LogP contribution is -2.51. The van der Waals surface area contributed by atoms with E-state index in [4.69, 9.17) is 14.5 Å². The van der Waals surface area contributed by atoms with Crippen molar-refractivity contribution in [3.8, 4) is 22.4 Å². The molecule has 1 unspecified atom stereocenters. The van der Waals surface area contributed by atoms with Gasteiger partial charge in [0.2, 0.25) is 11.8 Å². The molecule has 4 aromatic rings. The number of amides is 4. The van der Waals surface area contributed by atoms with Gasteiger partial charge in [0, 0.05) is 13.1 Å². The predicted molar refractivity (Wildman–Crippen MR) is 195 cm³/mol. The van der Waals surface area contributed by atoms with Crippen molar-refractivity contribution in [2.45, 2.75) is 77.5 Å². The molecule has 2 aromatic carbocycles. The molecule has 0 spiro atoms. The first kappa shape index (κ1) is 36.4. The number of nitrogens with zero attached hydrogens (tertiary/aromatic N) is 4. The molecule has 4 N–H and O–H groups in total. The molecule has 0 bridgehead atoms. The van der Waals surface area contributed by atoms with Gasteiger partial charge in [-0.25, -0.2) is 19.6 Å². The van der Waals surface area contributed by atoms with E-state index in [-0.39, 0.29) is 35.7 Å². The van der Waals surface area contributed by atoms with Gasteiger partial charge in [0.05, 0.1) is 49.2 Å². The molecule has 0 saturated carbocycles.